The molecule has 1 atom stereocenters. The van der Waals surface area contributed by atoms with Crippen LogP contribution in [0.2, 0.25) is 15.1 Å². The fourth-order valence-corrected chi connectivity index (χ4v) is 3.51. The standard InChI is InChI=1S/C22H14Cl3FN2O2/c1-11-8-15(16(10-27)12-2-4-13(23)5-3-12)17(24)9-19(11)28-22(30)14-6-7-18(26)20(25)21(14)29/h2-9,16,29H,1H3,(H,28,30). The summed E-state index contributed by atoms with van der Waals surface area (Å²) < 4.78 is 13.4. The second-order valence-corrected chi connectivity index (χ2v) is 7.74. The molecule has 0 heterocycles. The van der Waals surface area contributed by atoms with E-state index in [2.05, 4.69) is 11.4 Å². The molecule has 0 aromatic heterocycles. The molecule has 3 rings (SSSR count). The molecule has 0 fully saturated rings. The Morgan fingerprint density at radius 2 is 1.80 bits per heavy atom. The van der Waals surface area contributed by atoms with Gasteiger partial charge in [-0.05, 0) is 53.9 Å². The van der Waals surface area contributed by atoms with Crippen LogP contribution >= 0.6 is 34.8 Å². The number of nitrogens with zero attached hydrogens (tertiary/aromatic N) is 1. The van der Waals surface area contributed by atoms with E-state index in [1.54, 1.807) is 37.3 Å². The molecular formula is C22H14Cl3FN2O2. The van der Waals surface area contributed by atoms with Gasteiger partial charge in [-0.1, -0.05) is 53.0 Å². The Labute approximate surface area is 187 Å². The van der Waals surface area contributed by atoms with E-state index in [1.807, 2.05) is 0 Å². The zero-order valence-corrected chi connectivity index (χ0v) is 17.8. The number of phenols is 1. The molecule has 0 bridgehead atoms. The van der Waals surface area contributed by atoms with Crippen LogP contribution in [-0.4, -0.2) is 11.0 Å². The molecule has 1 amide bonds. The number of rotatable bonds is 4. The first-order chi connectivity index (χ1) is 14.2. The zero-order chi connectivity index (χ0) is 22.0. The maximum Gasteiger partial charge on any atom is 0.259 e. The lowest BCUT2D eigenvalue weighted by atomic mass is 9.91. The van der Waals surface area contributed by atoms with Crippen molar-refractivity contribution in [2.45, 2.75) is 12.8 Å². The number of hydrogen-bond acceptors (Lipinski definition) is 3. The van der Waals surface area contributed by atoms with Gasteiger partial charge < -0.3 is 10.4 Å². The van der Waals surface area contributed by atoms with Gasteiger partial charge in [-0.25, -0.2) is 4.39 Å². The molecule has 4 nitrogen and oxygen atoms in total. The summed E-state index contributed by atoms with van der Waals surface area (Å²) in [7, 11) is 0. The molecular weight excluding hydrogens is 450 g/mol. The highest BCUT2D eigenvalue weighted by atomic mass is 35.5. The van der Waals surface area contributed by atoms with Gasteiger partial charge in [0.25, 0.3) is 5.91 Å². The number of nitriles is 1. The van der Waals surface area contributed by atoms with Crippen LogP contribution in [0.1, 0.15) is 33.0 Å². The van der Waals surface area contributed by atoms with Crippen LogP contribution in [0.15, 0.2) is 48.5 Å². The summed E-state index contributed by atoms with van der Waals surface area (Å²) in [5.41, 5.74) is 2.14. The van der Waals surface area contributed by atoms with Crippen LogP contribution in [0, 0.1) is 24.1 Å². The van der Waals surface area contributed by atoms with Gasteiger partial charge >= 0.3 is 0 Å². The third-order valence-electron chi connectivity index (χ3n) is 4.55. The lowest BCUT2D eigenvalue weighted by Gasteiger charge is -2.16. The van der Waals surface area contributed by atoms with Crippen LogP contribution in [0.25, 0.3) is 0 Å². The molecule has 3 aromatic rings. The second-order valence-electron chi connectivity index (χ2n) is 6.51. The molecule has 1 unspecified atom stereocenters. The van der Waals surface area contributed by atoms with Crippen molar-refractivity contribution in [3.8, 4) is 11.8 Å². The zero-order valence-electron chi connectivity index (χ0n) is 15.5. The van der Waals surface area contributed by atoms with Crippen LogP contribution in [0.3, 0.4) is 0 Å². The van der Waals surface area contributed by atoms with E-state index in [-0.39, 0.29) is 10.6 Å². The fourth-order valence-electron chi connectivity index (χ4n) is 2.95. The third kappa shape index (κ3) is 4.36. The minimum Gasteiger partial charge on any atom is -0.505 e. The van der Waals surface area contributed by atoms with Gasteiger partial charge in [-0.2, -0.15) is 5.26 Å². The van der Waals surface area contributed by atoms with E-state index in [1.165, 1.54) is 6.07 Å². The first-order valence-electron chi connectivity index (χ1n) is 8.66. The second kappa shape index (κ2) is 8.93. The van der Waals surface area contributed by atoms with Crippen molar-refractivity contribution in [1.82, 2.24) is 0 Å². The Morgan fingerprint density at radius 3 is 2.43 bits per heavy atom. The highest BCUT2D eigenvalue weighted by Gasteiger charge is 2.21. The number of aromatic hydroxyl groups is 1. The molecule has 0 aliphatic rings. The molecule has 3 aromatic carbocycles. The average Bonchev–Trinajstić information content (AvgIpc) is 2.71. The van der Waals surface area contributed by atoms with Crippen LogP contribution < -0.4 is 5.32 Å². The summed E-state index contributed by atoms with van der Waals surface area (Å²) in [6.07, 6.45) is 0. The largest absolute Gasteiger partial charge is 0.505 e. The monoisotopic (exact) mass is 462 g/mol. The Morgan fingerprint density at radius 1 is 1.13 bits per heavy atom. The predicted octanol–water partition coefficient (Wildman–Crippen LogP) is 6.71. The van der Waals surface area contributed by atoms with E-state index >= 15 is 0 Å². The van der Waals surface area contributed by atoms with Crippen molar-refractivity contribution in [3.63, 3.8) is 0 Å². The van der Waals surface area contributed by atoms with Gasteiger partial charge in [0.05, 0.1) is 17.6 Å². The molecule has 2 N–H and O–H groups in total. The van der Waals surface area contributed by atoms with Gasteiger partial charge in [-0.15, -0.1) is 0 Å². The maximum absolute atomic E-state index is 13.4. The molecule has 8 heteroatoms. The van der Waals surface area contributed by atoms with E-state index in [0.29, 0.717) is 21.8 Å². The molecule has 0 spiro atoms. The Balaban J connectivity index is 1.93. The number of amides is 1. The van der Waals surface area contributed by atoms with Gasteiger partial charge in [0.15, 0.2) is 0 Å². The molecule has 152 valence electrons. The van der Waals surface area contributed by atoms with Crippen molar-refractivity contribution in [2.24, 2.45) is 0 Å². The van der Waals surface area contributed by atoms with Crippen LogP contribution in [-0.2, 0) is 0 Å². The summed E-state index contributed by atoms with van der Waals surface area (Å²) in [6, 6.07) is 14.5. The van der Waals surface area contributed by atoms with E-state index in [9.17, 15) is 19.6 Å². The number of hydrogen-bond donors (Lipinski definition) is 2. The number of halogens is 4. The number of aryl methyl sites for hydroxylation is 1. The first kappa shape index (κ1) is 21.9. The molecule has 0 radical (unpaired) electrons. The van der Waals surface area contributed by atoms with Crippen molar-refractivity contribution in [3.05, 3.63) is 91.7 Å². The molecule has 0 aliphatic heterocycles. The fraction of sp³-hybridized carbons (Fsp3) is 0.0909. The summed E-state index contributed by atoms with van der Waals surface area (Å²) >= 11 is 18.0. The lowest BCUT2D eigenvalue weighted by Crippen LogP contribution is -2.14. The number of nitrogens with one attached hydrogen (secondary N) is 1. The first-order valence-corrected chi connectivity index (χ1v) is 9.79. The molecule has 0 saturated heterocycles. The van der Waals surface area contributed by atoms with E-state index in [4.69, 9.17) is 34.8 Å². The predicted molar refractivity (Wildman–Crippen MR) is 116 cm³/mol. The molecule has 30 heavy (non-hydrogen) atoms. The number of phenolic OH excluding ortho intramolecular Hbond substituents is 1. The topological polar surface area (TPSA) is 73.1 Å². The normalized spacial score (nSPS) is 11.6. The Hall–Kier alpha value is -2.78. The highest BCUT2D eigenvalue weighted by molar-refractivity contribution is 6.33. The maximum atomic E-state index is 13.4. The molecule has 0 saturated carbocycles. The summed E-state index contributed by atoms with van der Waals surface area (Å²) in [4.78, 5) is 12.5. The smallest absolute Gasteiger partial charge is 0.259 e. The van der Waals surface area contributed by atoms with Crippen molar-refractivity contribution < 1.29 is 14.3 Å². The van der Waals surface area contributed by atoms with Crippen LogP contribution in [0.4, 0.5) is 10.1 Å². The van der Waals surface area contributed by atoms with E-state index in [0.717, 1.165) is 17.7 Å². The minimum atomic E-state index is -0.834. The van der Waals surface area contributed by atoms with Crippen molar-refractivity contribution in [2.75, 3.05) is 5.32 Å². The Kier molecular flexibility index (Phi) is 6.52. The minimum absolute atomic E-state index is 0.183. The summed E-state index contributed by atoms with van der Waals surface area (Å²) in [5, 5.41) is 22.5. The number of carbonyl (C=O) groups is 1. The summed E-state index contributed by atoms with van der Waals surface area (Å²) in [5.74, 6) is -2.80. The van der Waals surface area contributed by atoms with Crippen molar-refractivity contribution in [1.29, 1.82) is 5.26 Å². The lowest BCUT2D eigenvalue weighted by molar-refractivity contribution is 0.102. The number of anilines is 1. The quantitative estimate of drug-likeness (QED) is 0.452. The third-order valence-corrected chi connectivity index (χ3v) is 5.49. The van der Waals surface area contributed by atoms with Gasteiger partial charge in [0, 0.05) is 15.7 Å². The Bertz CT molecular complexity index is 1170. The SMILES string of the molecule is Cc1cc(C(C#N)c2ccc(Cl)cc2)c(Cl)cc1NC(=O)c1ccc(F)c(Cl)c1O. The average molecular weight is 464 g/mol. The van der Waals surface area contributed by atoms with Crippen molar-refractivity contribution >= 4 is 46.4 Å². The molecule has 0 aliphatic carbocycles. The van der Waals surface area contributed by atoms with E-state index < -0.39 is 28.4 Å². The number of benzene rings is 3. The van der Waals surface area contributed by atoms with Gasteiger partial charge in [0.1, 0.15) is 16.6 Å². The van der Waals surface area contributed by atoms with Gasteiger partial charge in [-0.3, -0.25) is 4.79 Å². The summed E-state index contributed by atoms with van der Waals surface area (Å²) in [6.45, 7) is 1.74. The number of carbonyl (C=O) groups excluding carboxylic acids is 1. The highest BCUT2D eigenvalue weighted by Crippen LogP contribution is 2.35. The van der Waals surface area contributed by atoms with Crippen LogP contribution in [0.5, 0.6) is 5.75 Å². The van der Waals surface area contributed by atoms with Gasteiger partial charge in [0.2, 0.25) is 0 Å².